The van der Waals surface area contributed by atoms with E-state index in [0.29, 0.717) is 46.2 Å². The Morgan fingerprint density at radius 2 is 1.77 bits per heavy atom. The molecule has 4 heterocycles. The molecule has 0 unspecified atom stereocenters. The zero-order valence-electron chi connectivity index (χ0n) is 24.7. The number of rotatable bonds is 7. The number of hydrogen-bond donors (Lipinski definition) is 2. The highest BCUT2D eigenvalue weighted by molar-refractivity contribution is 6.05. The van der Waals surface area contributed by atoms with Crippen LogP contribution in [0, 0.1) is 0 Å². The van der Waals surface area contributed by atoms with Gasteiger partial charge in [0.2, 0.25) is 5.89 Å². The van der Waals surface area contributed by atoms with E-state index in [0.717, 1.165) is 30.8 Å². The second-order valence-corrected chi connectivity index (χ2v) is 11.1. The summed E-state index contributed by atoms with van der Waals surface area (Å²) in [4.78, 5) is 43.7. The third kappa shape index (κ3) is 6.25. The lowest BCUT2D eigenvalue weighted by atomic mass is 10.1. The SMILES string of the molecule is O=C(ONCc1ncc(-c2cccc(NC(=O)N3c4nc(-c5cccc(C(F)(F)F)c5)ccc4N4CC[C@H]3C4)c2)o1)c1ccccc1. The van der Waals surface area contributed by atoms with Crippen LogP contribution in [0.1, 0.15) is 28.2 Å². The summed E-state index contributed by atoms with van der Waals surface area (Å²) in [5, 5.41) is 2.95. The van der Waals surface area contributed by atoms with Crippen molar-refractivity contribution in [2.45, 2.75) is 25.2 Å². The molecule has 2 aromatic heterocycles. The number of carbonyl (C=O) groups is 2. The second-order valence-electron chi connectivity index (χ2n) is 11.1. The molecule has 2 amide bonds. The molecular formula is C34H27F3N6O4. The Kier molecular flexibility index (Phi) is 7.82. The number of fused-ring (bicyclic) bond motifs is 4. The molecule has 2 aliphatic rings. The summed E-state index contributed by atoms with van der Waals surface area (Å²) >= 11 is 0. The molecule has 0 aliphatic carbocycles. The highest BCUT2D eigenvalue weighted by Crippen LogP contribution is 2.41. The normalized spacial score (nSPS) is 15.3. The van der Waals surface area contributed by atoms with Gasteiger partial charge in [0.05, 0.1) is 34.7 Å². The summed E-state index contributed by atoms with van der Waals surface area (Å²) in [6, 6.07) is 23.5. The Bertz CT molecular complexity index is 1950. The lowest BCUT2D eigenvalue weighted by Gasteiger charge is -2.36. The largest absolute Gasteiger partial charge is 0.439 e. The van der Waals surface area contributed by atoms with E-state index in [2.05, 4.69) is 20.7 Å². The van der Waals surface area contributed by atoms with E-state index >= 15 is 0 Å². The summed E-state index contributed by atoms with van der Waals surface area (Å²) in [7, 11) is 0. The minimum absolute atomic E-state index is 0.0390. The lowest BCUT2D eigenvalue weighted by molar-refractivity contribution is -0.137. The first-order valence-electron chi connectivity index (χ1n) is 14.8. The third-order valence-corrected chi connectivity index (χ3v) is 8.01. The summed E-state index contributed by atoms with van der Waals surface area (Å²) in [6.45, 7) is 1.40. The van der Waals surface area contributed by atoms with Gasteiger partial charge in [-0.15, -0.1) is 5.48 Å². The van der Waals surface area contributed by atoms with Crippen LogP contribution in [0.4, 0.5) is 35.2 Å². The van der Waals surface area contributed by atoms with E-state index in [4.69, 9.17) is 14.2 Å². The van der Waals surface area contributed by atoms with Gasteiger partial charge in [0, 0.05) is 29.9 Å². The first-order chi connectivity index (χ1) is 22.7. The average molecular weight is 641 g/mol. The summed E-state index contributed by atoms with van der Waals surface area (Å²) in [6.07, 6.45) is -2.24. The Balaban J connectivity index is 1.07. The number of halogens is 3. The topological polar surface area (TPSA) is 113 Å². The molecule has 1 saturated heterocycles. The van der Waals surface area contributed by atoms with Gasteiger partial charge in [-0.05, 0) is 55.0 Å². The van der Waals surface area contributed by atoms with E-state index in [1.54, 1.807) is 77.7 Å². The number of oxazole rings is 1. The third-order valence-electron chi connectivity index (χ3n) is 8.01. The van der Waals surface area contributed by atoms with Crippen molar-refractivity contribution < 1.29 is 32.0 Å². The molecule has 0 saturated carbocycles. The predicted octanol–water partition coefficient (Wildman–Crippen LogP) is 6.91. The summed E-state index contributed by atoms with van der Waals surface area (Å²) < 4.78 is 46.0. The number of hydrogen-bond acceptors (Lipinski definition) is 8. The van der Waals surface area contributed by atoms with Crippen LogP contribution in [0.25, 0.3) is 22.6 Å². The Hall–Kier alpha value is -5.69. The monoisotopic (exact) mass is 640 g/mol. The highest BCUT2D eigenvalue weighted by Gasteiger charge is 2.40. The molecule has 47 heavy (non-hydrogen) atoms. The molecule has 1 atom stereocenters. The first-order valence-corrected chi connectivity index (χ1v) is 14.8. The Labute approximate surface area is 266 Å². The number of nitrogens with zero attached hydrogens (tertiary/aromatic N) is 4. The Morgan fingerprint density at radius 3 is 2.60 bits per heavy atom. The van der Waals surface area contributed by atoms with E-state index in [1.165, 1.54) is 12.3 Å². The van der Waals surface area contributed by atoms with Crippen molar-refractivity contribution in [1.82, 2.24) is 15.4 Å². The van der Waals surface area contributed by atoms with Crippen molar-refractivity contribution in [1.29, 1.82) is 0 Å². The van der Waals surface area contributed by atoms with Gasteiger partial charge in [0.25, 0.3) is 0 Å². The number of pyridine rings is 1. The summed E-state index contributed by atoms with van der Waals surface area (Å²) in [5.41, 5.74) is 4.72. The van der Waals surface area contributed by atoms with Crippen LogP contribution in [0.15, 0.2) is 102 Å². The smallest absolute Gasteiger partial charge is 0.416 e. The van der Waals surface area contributed by atoms with Crippen molar-refractivity contribution in [3.8, 4) is 22.6 Å². The standard InChI is InChI=1S/C34H27F3N6O4/c35-34(36,37)24-10-4-8-22(16-24)27-12-13-28-31(41-27)43(26-14-15-42(28)20-26)33(45)40-25-11-5-9-23(17-25)29-18-38-30(46-29)19-39-47-32(44)21-6-2-1-3-7-21/h1-13,16-18,26,39H,14-15,19-20H2,(H,40,45)/t26-/m0/s1. The van der Waals surface area contributed by atoms with Crippen LogP contribution in [0.3, 0.4) is 0 Å². The maximum absolute atomic E-state index is 13.8. The van der Waals surface area contributed by atoms with E-state index < -0.39 is 23.7 Å². The molecule has 2 bridgehead atoms. The van der Waals surface area contributed by atoms with Gasteiger partial charge in [0.1, 0.15) is 6.54 Å². The van der Waals surface area contributed by atoms with Crippen LogP contribution in [0.2, 0.25) is 0 Å². The zero-order valence-corrected chi connectivity index (χ0v) is 24.7. The number of amides is 2. The molecular weight excluding hydrogens is 613 g/mol. The zero-order chi connectivity index (χ0) is 32.5. The van der Waals surface area contributed by atoms with Gasteiger partial charge >= 0.3 is 18.2 Å². The predicted molar refractivity (Wildman–Crippen MR) is 167 cm³/mol. The summed E-state index contributed by atoms with van der Waals surface area (Å²) in [5.74, 6) is 0.579. The molecule has 238 valence electrons. The van der Waals surface area contributed by atoms with Crippen LogP contribution in [-0.2, 0) is 17.6 Å². The van der Waals surface area contributed by atoms with Gasteiger partial charge in [-0.1, -0.05) is 42.5 Å². The van der Waals surface area contributed by atoms with E-state index in [9.17, 15) is 22.8 Å². The number of anilines is 3. The fourth-order valence-electron chi connectivity index (χ4n) is 5.74. The number of benzene rings is 3. The maximum Gasteiger partial charge on any atom is 0.416 e. The fraction of sp³-hybridized carbons (Fsp3) is 0.176. The van der Waals surface area contributed by atoms with Gasteiger partial charge in [-0.3, -0.25) is 4.90 Å². The molecule has 3 aromatic carbocycles. The number of nitrogens with one attached hydrogen (secondary N) is 2. The molecule has 7 rings (SSSR count). The minimum atomic E-state index is -4.49. The van der Waals surface area contributed by atoms with Gasteiger partial charge in [-0.25, -0.2) is 19.6 Å². The van der Waals surface area contributed by atoms with E-state index in [-0.39, 0.29) is 18.5 Å². The minimum Gasteiger partial charge on any atom is -0.439 e. The second kappa shape index (κ2) is 12.2. The quantitative estimate of drug-likeness (QED) is 0.185. The number of carbonyl (C=O) groups excluding carboxylic acids is 2. The van der Waals surface area contributed by atoms with Crippen molar-refractivity contribution in [2.24, 2.45) is 0 Å². The molecule has 2 aliphatic heterocycles. The number of alkyl halides is 3. The van der Waals surface area contributed by atoms with Gasteiger partial charge in [-0.2, -0.15) is 13.2 Å². The van der Waals surface area contributed by atoms with E-state index in [1.807, 2.05) is 0 Å². The lowest BCUT2D eigenvalue weighted by Crippen LogP contribution is -2.48. The average Bonchev–Trinajstić information content (AvgIpc) is 3.73. The van der Waals surface area contributed by atoms with Crippen LogP contribution >= 0.6 is 0 Å². The van der Waals surface area contributed by atoms with Crippen molar-refractivity contribution in [3.63, 3.8) is 0 Å². The van der Waals surface area contributed by atoms with Crippen molar-refractivity contribution >= 4 is 29.2 Å². The maximum atomic E-state index is 13.8. The molecule has 0 spiro atoms. The van der Waals surface area contributed by atoms with Gasteiger partial charge < -0.3 is 19.5 Å². The number of hydroxylamine groups is 1. The molecule has 13 heteroatoms. The van der Waals surface area contributed by atoms with Gasteiger partial charge in [0.15, 0.2) is 11.6 Å². The molecule has 10 nitrogen and oxygen atoms in total. The Morgan fingerprint density at radius 1 is 0.957 bits per heavy atom. The van der Waals surface area contributed by atoms with Crippen LogP contribution in [-0.4, -0.2) is 41.1 Å². The van der Waals surface area contributed by atoms with Crippen LogP contribution in [0.5, 0.6) is 0 Å². The highest BCUT2D eigenvalue weighted by atomic mass is 19.4. The molecule has 2 N–H and O–H groups in total. The van der Waals surface area contributed by atoms with Crippen LogP contribution < -0.4 is 20.6 Å². The fourth-order valence-corrected chi connectivity index (χ4v) is 5.74. The first kappa shape index (κ1) is 30.0. The molecule has 5 aromatic rings. The molecule has 1 fully saturated rings. The molecule has 0 radical (unpaired) electrons. The number of urea groups is 1. The van der Waals surface area contributed by atoms with Crippen molar-refractivity contribution in [2.75, 3.05) is 28.2 Å². The van der Waals surface area contributed by atoms with Crippen molar-refractivity contribution in [3.05, 3.63) is 114 Å². The number of aromatic nitrogens is 2.